The molecule has 2 heterocycles. The molecular formula is C12H16N4. The third-order valence-electron chi connectivity index (χ3n) is 2.61. The Morgan fingerprint density at radius 1 is 1.31 bits per heavy atom. The Bertz CT molecular complexity index is 488. The highest BCUT2D eigenvalue weighted by Gasteiger charge is 2.09. The van der Waals surface area contributed by atoms with Gasteiger partial charge in [0.2, 0.25) is 0 Å². The van der Waals surface area contributed by atoms with Gasteiger partial charge in [0.1, 0.15) is 5.82 Å². The summed E-state index contributed by atoms with van der Waals surface area (Å²) in [5.74, 6) is 1.79. The van der Waals surface area contributed by atoms with Gasteiger partial charge < -0.3 is 5.73 Å². The summed E-state index contributed by atoms with van der Waals surface area (Å²) in [6.07, 6.45) is 7.46. The molecule has 0 saturated carbocycles. The van der Waals surface area contributed by atoms with Crippen LogP contribution in [-0.2, 0) is 6.42 Å². The van der Waals surface area contributed by atoms with Gasteiger partial charge in [-0.25, -0.2) is 9.97 Å². The smallest absolute Gasteiger partial charge is 0.161 e. The van der Waals surface area contributed by atoms with Crippen LogP contribution < -0.4 is 5.73 Å². The van der Waals surface area contributed by atoms with Crippen molar-refractivity contribution in [1.82, 2.24) is 14.5 Å². The van der Waals surface area contributed by atoms with Gasteiger partial charge in [0.25, 0.3) is 0 Å². The first kappa shape index (κ1) is 10.7. The van der Waals surface area contributed by atoms with Crippen molar-refractivity contribution < 1.29 is 0 Å². The standard InChI is InChI=1S/C12H16N4/c1-3-4-10-14-7-8-16(10)12-11(13)9(2)5-6-15-12/h5-8H,3-4,13H2,1-2H3. The van der Waals surface area contributed by atoms with Gasteiger partial charge in [-0.3, -0.25) is 4.57 Å². The largest absolute Gasteiger partial charge is 0.395 e. The summed E-state index contributed by atoms with van der Waals surface area (Å²) in [5.41, 5.74) is 7.79. The van der Waals surface area contributed by atoms with Gasteiger partial charge in [0, 0.05) is 25.0 Å². The maximum atomic E-state index is 6.03. The second kappa shape index (κ2) is 4.35. The van der Waals surface area contributed by atoms with E-state index >= 15 is 0 Å². The van der Waals surface area contributed by atoms with Crippen molar-refractivity contribution >= 4 is 5.69 Å². The van der Waals surface area contributed by atoms with Gasteiger partial charge in [0.05, 0.1) is 5.69 Å². The molecule has 2 aromatic rings. The van der Waals surface area contributed by atoms with E-state index in [1.807, 2.05) is 23.8 Å². The Hall–Kier alpha value is -1.84. The summed E-state index contributed by atoms with van der Waals surface area (Å²) in [4.78, 5) is 8.64. The number of nitrogen functional groups attached to an aromatic ring is 1. The molecule has 16 heavy (non-hydrogen) atoms. The highest BCUT2D eigenvalue weighted by Crippen LogP contribution is 2.19. The zero-order valence-electron chi connectivity index (χ0n) is 9.64. The van der Waals surface area contributed by atoms with E-state index in [2.05, 4.69) is 16.9 Å². The predicted molar refractivity (Wildman–Crippen MR) is 64.5 cm³/mol. The highest BCUT2D eigenvalue weighted by molar-refractivity contribution is 5.58. The first-order valence-corrected chi connectivity index (χ1v) is 5.47. The fraction of sp³-hybridized carbons (Fsp3) is 0.333. The molecule has 0 aliphatic carbocycles. The van der Waals surface area contributed by atoms with Crippen molar-refractivity contribution in [3.05, 3.63) is 36.0 Å². The topological polar surface area (TPSA) is 56.7 Å². The first-order chi connectivity index (χ1) is 7.74. The normalized spacial score (nSPS) is 10.6. The Labute approximate surface area is 95.1 Å². The summed E-state index contributed by atoms with van der Waals surface area (Å²) >= 11 is 0. The maximum absolute atomic E-state index is 6.03. The van der Waals surface area contributed by atoms with Gasteiger partial charge in [-0.2, -0.15) is 0 Å². The van der Waals surface area contributed by atoms with Crippen LogP contribution in [0.15, 0.2) is 24.7 Å². The SMILES string of the molecule is CCCc1nccn1-c1nccc(C)c1N. The molecule has 0 amide bonds. The molecule has 4 nitrogen and oxygen atoms in total. The Kier molecular flexibility index (Phi) is 2.90. The molecule has 0 spiro atoms. The first-order valence-electron chi connectivity index (χ1n) is 5.47. The van der Waals surface area contributed by atoms with Crippen LogP contribution in [0.5, 0.6) is 0 Å². The van der Waals surface area contributed by atoms with Crippen LogP contribution in [0.4, 0.5) is 5.69 Å². The number of nitrogens with two attached hydrogens (primary N) is 1. The van der Waals surface area contributed by atoms with E-state index in [0.717, 1.165) is 35.7 Å². The summed E-state index contributed by atoms with van der Waals surface area (Å²) in [5, 5.41) is 0. The van der Waals surface area contributed by atoms with E-state index < -0.39 is 0 Å². The second-order valence-corrected chi connectivity index (χ2v) is 3.83. The van der Waals surface area contributed by atoms with E-state index in [9.17, 15) is 0 Å². The lowest BCUT2D eigenvalue weighted by Gasteiger charge is -2.10. The second-order valence-electron chi connectivity index (χ2n) is 3.83. The van der Waals surface area contributed by atoms with Crippen LogP contribution in [0.3, 0.4) is 0 Å². The van der Waals surface area contributed by atoms with Crippen molar-refractivity contribution in [3.63, 3.8) is 0 Å². The van der Waals surface area contributed by atoms with Crippen molar-refractivity contribution in [1.29, 1.82) is 0 Å². The molecule has 0 unspecified atom stereocenters. The van der Waals surface area contributed by atoms with E-state index in [1.54, 1.807) is 12.4 Å². The van der Waals surface area contributed by atoms with Gasteiger partial charge in [-0.15, -0.1) is 0 Å². The molecule has 0 aliphatic heterocycles. The van der Waals surface area contributed by atoms with Gasteiger partial charge in [-0.05, 0) is 25.0 Å². The zero-order valence-corrected chi connectivity index (χ0v) is 9.64. The number of aryl methyl sites for hydroxylation is 2. The van der Waals surface area contributed by atoms with Crippen LogP contribution in [0.1, 0.15) is 24.7 Å². The van der Waals surface area contributed by atoms with Crippen molar-refractivity contribution in [2.45, 2.75) is 26.7 Å². The van der Waals surface area contributed by atoms with E-state index in [1.165, 1.54) is 0 Å². The lowest BCUT2D eigenvalue weighted by atomic mass is 10.2. The number of hydrogen-bond acceptors (Lipinski definition) is 3. The number of rotatable bonds is 3. The molecule has 0 bridgehead atoms. The predicted octanol–water partition coefficient (Wildman–Crippen LogP) is 2.11. The minimum absolute atomic E-state index is 0.720. The molecule has 0 fully saturated rings. The molecule has 84 valence electrons. The molecule has 4 heteroatoms. The lowest BCUT2D eigenvalue weighted by molar-refractivity contribution is 0.799. The summed E-state index contributed by atoms with van der Waals surface area (Å²) in [6, 6.07) is 1.91. The molecule has 2 N–H and O–H groups in total. The average molecular weight is 216 g/mol. The van der Waals surface area contributed by atoms with E-state index in [4.69, 9.17) is 5.73 Å². The number of hydrogen-bond donors (Lipinski definition) is 1. The van der Waals surface area contributed by atoms with Gasteiger partial charge >= 0.3 is 0 Å². The Morgan fingerprint density at radius 3 is 2.88 bits per heavy atom. The van der Waals surface area contributed by atoms with Crippen molar-refractivity contribution in [2.24, 2.45) is 0 Å². The van der Waals surface area contributed by atoms with E-state index in [0.29, 0.717) is 0 Å². The zero-order chi connectivity index (χ0) is 11.5. The fourth-order valence-corrected chi connectivity index (χ4v) is 1.68. The Morgan fingerprint density at radius 2 is 2.12 bits per heavy atom. The third-order valence-corrected chi connectivity index (χ3v) is 2.61. The maximum Gasteiger partial charge on any atom is 0.161 e. The summed E-state index contributed by atoms with van der Waals surface area (Å²) < 4.78 is 1.96. The molecule has 0 aliphatic rings. The van der Waals surface area contributed by atoms with Crippen LogP contribution in [0.25, 0.3) is 5.82 Å². The molecule has 0 radical (unpaired) electrons. The minimum Gasteiger partial charge on any atom is -0.395 e. The summed E-state index contributed by atoms with van der Waals surface area (Å²) in [6.45, 7) is 4.11. The monoisotopic (exact) mass is 216 g/mol. The molecule has 2 rings (SSSR count). The van der Waals surface area contributed by atoms with Gasteiger partial charge in [0.15, 0.2) is 5.82 Å². The van der Waals surface area contributed by atoms with Crippen LogP contribution in [0.2, 0.25) is 0 Å². The quantitative estimate of drug-likeness (QED) is 0.854. The van der Waals surface area contributed by atoms with Crippen molar-refractivity contribution in [2.75, 3.05) is 5.73 Å². The molecule has 0 atom stereocenters. The molecule has 2 aromatic heterocycles. The summed E-state index contributed by atoms with van der Waals surface area (Å²) in [7, 11) is 0. The number of nitrogens with zero attached hydrogens (tertiary/aromatic N) is 3. The highest BCUT2D eigenvalue weighted by atomic mass is 15.1. The average Bonchev–Trinajstić information content (AvgIpc) is 2.71. The fourth-order valence-electron chi connectivity index (χ4n) is 1.68. The number of pyridine rings is 1. The number of imidazole rings is 1. The minimum atomic E-state index is 0.720. The number of anilines is 1. The van der Waals surface area contributed by atoms with Crippen molar-refractivity contribution in [3.8, 4) is 5.82 Å². The third kappa shape index (κ3) is 1.78. The van der Waals surface area contributed by atoms with Crippen LogP contribution >= 0.6 is 0 Å². The van der Waals surface area contributed by atoms with Crippen LogP contribution in [-0.4, -0.2) is 14.5 Å². The Balaban J connectivity index is 2.50. The lowest BCUT2D eigenvalue weighted by Crippen LogP contribution is -2.07. The van der Waals surface area contributed by atoms with Crippen LogP contribution in [0, 0.1) is 6.92 Å². The molecule has 0 aromatic carbocycles. The number of aromatic nitrogens is 3. The van der Waals surface area contributed by atoms with E-state index in [-0.39, 0.29) is 0 Å². The van der Waals surface area contributed by atoms with Gasteiger partial charge in [-0.1, -0.05) is 6.92 Å². The molecular weight excluding hydrogens is 200 g/mol. The molecule has 0 saturated heterocycles.